The van der Waals surface area contributed by atoms with E-state index >= 15 is 0 Å². The highest BCUT2D eigenvalue weighted by molar-refractivity contribution is 5.91. The maximum absolute atomic E-state index is 12.0. The van der Waals surface area contributed by atoms with E-state index < -0.39 is 0 Å². The molecule has 1 rings (SSSR count). The molecule has 1 atom stereocenters. The van der Waals surface area contributed by atoms with Crippen molar-refractivity contribution in [3.05, 3.63) is 11.9 Å². The fourth-order valence-corrected chi connectivity index (χ4v) is 2.20. The summed E-state index contributed by atoms with van der Waals surface area (Å²) >= 11 is 0. The van der Waals surface area contributed by atoms with Crippen LogP contribution in [0.25, 0.3) is 0 Å². The quantitative estimate of drug-likeness (QED) is 0.857. The first kappa shape index (κ1) is 15.7. The van der Waals surface area contributed by atoms with E-state index in [-0.39, 0.29) is 17.4 Å². The van der Waals surface area contributed by atoms with Gasteiger partial charge in [0.1, 0.15) is 0 Å². The number of aryl methyl sites for hydroxylation is 2. The van der Waals surface area contributed by atoms with Gasteiger partial charge in [-0.1, -0.05) is 27.7 Å². The van der Waals surface area contributed by atoms with Crippen molar-refractivity contribution in [3.63, 3.8) is 0 Å². The average Bonchev–Trinajstić information content (AvgIpc) is 2.55. The normalized spacial score (nSPS) is 13.4. The average molecular weight is 266 g/mol. The molecule has 1 amide bonds. The third-order valence-corrected chi connectivity index (χ3v) is 2.84. The van der Waals surface area contributed by atoms with Crippen molar-refractivity contribution >= 4 is 11.6 Å². The molecule has 0 fully saturated rings. The molecule has 1 aromatic rings. The van der Waals surface area contributed by atoms with Gasteiger partial charge in [0.25, 0.3) is 0 Å². The number of hydrogen-bond acceptors (Lipinski definition) is 3. The lowest BCUT2D eigenvalue weighted by Gasteiger charge is -2.22. The second-order valence-corrected chi connectivity index (χ2v) is 6.29. The fraction of sp³-hybridized carbons (Fsp3) is 0.714. The van der Waals surface area contributed by atoms with Gasteiger partial charge in [-0.15, -0.1) is 0 Å². The lowest BCUT2D eigenvalue weighted by Crippen LogP contribution is -2.31. The molecule has 0 aliphatic carbocycles. The van der Waals surface area contributed by atoms with Gasteiger partial charge < -0.3 is 11.1 Å². The smallest absolute Gasteiger partial charge is 0.226 e. The highest BCUT2D eigenvalue weighted by Gasteiger charge is 2.19. The van der Waals surface area contributed by atoms with Gasteiger partial charge in [-0.25, -0.2) is 0 Å². The molecule has 5 nitrogen and oxygen atoms in total. The molecule has 3 N–H and O–H groups in total. The Morgan fingerprint density at radius 3 is 2.68 bits per heavy atom. The predicted molar refractivity (Wildman–Crippen MR) is 77.9 cm³/mol. The van der Waals surface area contributed by atoms with Crippen LogP contribution >= 0.6 is 0 Å². The molecule has 0 bridgehead atoms. The molecule has 19 heavy (non-hydrogen) atoms. The number of nitrogens with zero attached hydrogens (tertiary/aromatic N) is 2. The number of hydrogen-bond donors (Lipinski definition) is 2. The Balaban J connectivity index is 2.55. The zero-order valence-corrected chi connectivity index (χ0v) is 12.7. The summed E-state index contributed by atoms with van der Waals surface area (Å²) in [5, 5.41) is 7.19. The summed E-state index contributed by atoms with van der Waals surface area (Å²) in [5.41, 5.74) is 7.84. The summed E-state index contributed by atoms with van der Waals surface area (Å²) in [6.45, 7) is 8.40. The molecule has 5 heteroatoms. The van der Waals surface area contributed by atoms with E-state index in [1.54, 1.807) is 4.68 Å². The Hall–Kier alpha value is -1.36. The van der Waals surface area contributed by atoms with Crippen LogP contribution in [0.2, 0.25) is 0 Å². The van der Waals surface area contributed by atoms with Crippen molar-refractivity contribution in [2.45, 2.75) is 53.0 Å². The molecule has 0 radical (unpaired) electrons. The van der Waals surface area contributed by atoms with Crippen LogP contribution in [0.5, 0.6) is 0 Å². The van der Waals surface area contributed by atoms with Crippen molar-refractivity contribution in [3.8, 4) is 0 Å². The standard InChI is InChI=1S/C14H26N4O/c1-6-11-12(9-18(5)17-11)16-13(19)7-10(15)8-14(2,3)4/h9-10H,6-8,15H2,1-5H3,(H,16,19). The maximum Gasteiger partial charge on any atom is 0.226 e. The van der Waals surface area contributed by atoms with Crippen molar-refractivity contribution in [2.24, 2.45) is 18.2 Å². The Kier molecular flexibility index (Phi) is 5.11. The number of nitrogens with one attached hydrogen (secondary N) is 1. The van der Waals surface area contributed by atoms with Crippen LogP contribution in [0.1, 0.15) is 46.2 Å². The van der Waals surface area contributed by atoms with E-state index in [0.29, 0.717) is 6.42 Å². The zero-order chi connectivity index (χ0) is 14.6. The number of rotatable bonds is 5. The number of aromatic nitrogens is 2. The molecule has 0 saturated carbocycles. The van der Waals surface area contributed by atoms with Gasteiger partial charge in [-0.05, 0) is 18.3 Å². The van der Waals surface area contributed by atoms with Gasteiger partial charge in [0.2, 0.25) is 5.91 Å². The van der Waals surface area contributed by atoms with E-state index in [0.717, 1.165) is 24.2 Å². The van der Waals surface area contributed by atoms with Gasteiger partial charge >= 0.3 is 0 Å². The zero-order valence-electron chi connectivity index (χ0n) is 12.7. The monoisotopic (exact) mass is 266 g/mol. The van der Waals surface area contributed by atoms with Crippen molar-refractivity contribution in [1.82, 2.24) is 9.78 Å². The van der Waals surface area contributed by atoms with E-state index in [1.807, 2.05) is 20.2 Å². The minimum absolute atomic E-state index is 0.0422. The second kappa shape index (κ2) is 6.19. The van der Waals surface area contributed by atoms with Crippen LogP contribution in [0.3, 0.4) is 0 Å². The first-order chi connectivity index (χ1) is 8.71. The van der Waals surface area contributed by atoms with Gasteiger partial charge in [-0.3, -0.25) is 9.48 Å². The van der Waals surface area contributed by atoms with Crippen LogP contribution in [-0.2, 0) is 18.3 Å². The summed E-state index contributed by atoms with van der Waals surface area (Å²) in [7, 11) is 1.85. The highest BCUT2D eigenvalue weighted by atomic mass is 16.1. The highest BCUT2D eigenvalue weighted by Crippen LogP contribution is 2.21. The Morgan fingerprint density at radius 2 is 2.16 bits per heavy atom. The van der Waals surface area contributed by atoms with Crippen LogP contribution in [0.15, 0.2) is 6.20 Å². The second-order valence-electron chi connectivity index (χ2n) is 6.29. The molecule has 0 aliphatic heterocycles. The lowest BCUT2D eigenvalue weighted by atomic mass is 9.87. The van der Waals surface area contributed by atoms with Crippen molar-refractivity contribution in [2.75, 3.05) is 5.32 Å². The van der Waals surface area contributed by atoms with Gasteiger partial charge in [0.05, 0.1) is 11.4 Å². The van der Waals surface area contributed by atoms with E-state index in [1.165, 1.54) is 0 Å². The number of anilines is 1. The first-order valence-corrected chi connectivity index (χ1v) is 6.79. The van der Waals surface area contributed by atoms with Crippen molar-refractivity contribution < 1.29 is 4.79 Å². The van der Waals surface area contributed by atoms with E-state index in [2.05, 4.69) is 31.2 Å². The number of nitrogens with two attached hydrogens (primary N) is 1. The Labute approximate surface area is 115 Å². The molecular formula is C14H26N4O. The number of carbonyl (C=O) groups excluding carboxylic acids is 1. The van der Waals surface area contributed by atoms with Gasteiger partial charge in [-0.2, -0.15) is 5.10 Å². The lowest BCUT2D eigenvalue weighted by molar-refractivity contribution is -0.116. The first-order valence-electron chi connectivity index (χ1n) is 6.79. The summed E-state index contributed by atoms with van der Waals surface area (Å²) in [6, 6.07) is -0.109. The molecule has 1 unspecified atom stereocenters. The summed E-state index contributed by atoms with van der Waals surface area (Å²) in [4.78, 5) is 12.0. The van der Waals surface area contributed by atoms with Crippen LogP contribution in [0.4, 0.5) is 5.69 Å². The van der Waals surface area contributed by atoms with Gasteiger partial charge in [0.15, 0.2) is 0 Å². The minimum Gasteiger partial charge on any atom is -0.327 e. The SMILES string of the molecule is CCc1nn(C)cc1NC(=O)CC(N)CC(C)(C)C. The molecule has 0 aromatic carbocycles. The largest absolute Gasteiger partial charge is 0.327 e. The maximum atomic E-state index is 12.0. The fourth-order valence-electron chi connectivity index (χ4n) is 2.20. The Bertz CT molecular complexity index is 431. The molecular weight excluding hydrogens is 240 g/mol. The van der Waals surface area contributed by atoms with Crippen LogP contribution in [0, 0.1) is 5.41 Å². The molecule has 1 aromatic heterocycles. The summed E-state index contributed by atoms with van der Waals surface area (Å²) in [5.74, 6) is -0.0422. The molecule has 1 heterocycles. The summed E-state index contributed by atoms with van der Waals surface area (Å²) < 4.78 is 1.71. The number of amides is 1. The number of carbonyl (C=O) groups is 1. The molecule has 0 saturated heterocycles. The predicted octanol–water partition coefficient (Wildman–Crippen LogP) is 2.07. The Morgan fingerprint density at radius 1 is 1.53 bits per heavy atom. The summed E-state index contributed by atoms with van der Waals surface area (Å²) in [6.07, 6.45) is 3.79. The third-order valence-electron chi connectivity index (χ3n) is 2.84. The van der Waals surface area contributed by atoms with Crippen LogP contribution in [-0.4, -0.2) is 21.7 Å². The molecule has 108 valence electrons. The van der Waals surface area contributed by atoms with Crippen molar-refractivity contribution in [1.29, 1.82) is 0 Å². The minimum atomic E-state index is -0.109. The van der Waals surface area contributed by atoms with Crippen LogP contribution < -0.4 is 11.1 Å². The molecule has 0 spiro atoms. The van der Waals surface area contributed by atoms with Gasteiger partial charge in [0, 0.05) is 25.7 Å². The van der Waals surface area contributed by atoms with E-state index in [4.69, 9.17) is 5.73 Å². The topological polar surface area (TPSA) is 72.9 Å². The molecule has 0 aliphatic rings. The third kappa shape index (κ3) is 5.42. The van der Waals surface area contributed by atoms with E-state index in [9.17, 15) is 4.79 Å².